The Morgan fingerprint density at radius 3 is 3.00 bits per heavy atom. The molecule has 0 bridgehead atoms. The lowest BCUT2D eigenvalue weighted by molar-refractivity contribution is -0.385. The van der Waals surface area contributed by atoms with Crippen molar-refractivity contribution in [2.24, 2.45) is 5.92 Å². The Balaban J connectivity index is 1.48. The van der Waals surface area contributed by atoms with E-state index in [0.717, 1.165) is 29.5 Å². The zero-order valence-corrected chi connectivity index (χ0v) is 18.2. The molecule has 0 saturated heterocycles. The Hall–Kier alpha value is -2.72. The molecule has 2 heterocycles. The van der Waals surface area contributed by atoms with Gasteiger partial charge in [0.2, 0.25) is 5.91 Å². The Morgan fingerprint density at radius 2 is 2.23 bits per heavy atom. The molecule has 3 aromatic rings. The summed E-state index contributed by atoms with van der Waals surface area (Å²) in [6.07, 6.45) is 3.19. The van der Waals surface area contributed by atoms with Crippen LogP contribution >= 0.6 is 23.1 Å². The highest BCUT2D eigenvalue weighted by Gasteiger charge is 2.23. The molecule has 4 rings (SSSR count). The number of amides is 1. The number of rotatable bonds is 5. The van der Waals surface area contributed by atoms with Gasteiger partial charge >= 0.3 is 0 Å². The van der Waals surface area contributed by atoms with Crippen molar-refractivity contribution in [1.82, 2.24) is 9.97 Å². The quantitative estimate of drug-likeness (QED) is 0.260. The zero-order chi connectivity index (χ0) is 21.4. The van der Waals surface area contributed by atoms with Crippen molar-refractivity contribution in [3.05, 3.63) is 44.3 Å². The number of nitrogens with zero attached hydrogens (tertiary/aromatic N) is 3. The maximum absolute atomic E-state index is 12.4. The van der Waals surface area contributed by atoms with Gasteiger partial charge in [-0.3, -0.25) is 14.9 Å². The number of thiophene rings is 1. The number of nitro benzene ring substituents is 1. The number of anilines is 2. The molecule has 8 nitrogen and oxygen atoms in total. The van der Waals surface area contributed by atoms with Crippen LogP contribution in [0.4, 0.5) is 17.2 Å². The molecular weight excluding hydrogens is 422 g/mol. The summed E-state index contributed by atoms with van der Waals surface area (Å²) in [4.78, 5) is 34.2. The van der Waals surface area contributed by atoms with Gasteiger partial charge in [-0.25, -0.2) is 9.97 Å². The molecule has 0 aliphatic heterocycles. The Morgan fingerprint density at radius 1 is 1.43 bits per heavy atom. The highest BCUT2D eigenvalue weighted by atomic mass is 32.2. The molecule has 0 fully saturated rings. The number of hydrogen-bond donors (Lipinski definition) is 2. The van der Waals surface area contributed by atoms with Gasteiger partial charge in [-0.05, 0) is 43.7 Å². The lowest BCUT2D eigenvalue weighted by Crippen LogP contribution is -2.15. The standard InChI is InChI=1S/C20H21N5O3S2/c1-10-6-7-12-15(8-10)30-19-17(12)18(21)23-20(24-19)29-9-16(26)22-13-4-3-5-14(11(13)2)25(27)28/h3-5,10H,6-9H2,1-2H3,(H,22,26)(H2,21,23,24). The summed E-state index contributed by atoms with van der Waals surface area (Å²) < 4.78 is 0. The third-order valence-electron chi connectivity index (χ3n) is 5.27. The predicted octanol–water partition coefficient (Wildman–Crippen LogP) is 4.35. The van der Waals surface area contributed by atoms with Crippen molar-refractivity contribution in [1.29, 1.82) is 0 Å². The van der Waals surface area contributed by atoms with E-state index in [4.69, 9.17) is 5.73 Å². The number of nitrogens with two attached hydrogens (primary N) is 1. The van der Waals surface area contributed by atoms with Gasteiger partial charge in [0.25, 0.3) is 5.69 Å². The molecule has 2 aromatic heterocycles. The number of hydrogen-bond acceptors (Lipinski definition) is 8. The molecule has 1 unspecified atom stereocenters. The molecule has 1 aliphatic rings. The van der Waals surface area contributed by atoms with E-state index in [1.54, 1.807) is 30.4 Å². The molecule has 3 N–H and O–H groups in total. The number of fused-ring (bicyclic) bond motifs is 3. The number of thioether (sulfide) groups is 1. The van der Waals surface area contributed by atoms with E-state index in [1.807, 2.05) is 0 Å². The van der Waals surface area contributed by atoms with Gasteiger partial charge in [-0.1, -0.05) is 24.8 Å². The summed E-state index contributed by atoms with van der Waals surface area (Å²) in [6.45, 7) is 3.86. The summed E-state index contributed by atoms with van der Waals surface area (Å²) >= 11 is 2.86. The van der Waals surface area contributed by atoms with Gasteiger partial charge < -0.3 is 11.1 Å². The number of aromatic nitrogens is 2. The Bertz CT molecular complexity index is 1160. The smallest absolute Gasteiger partial charge is 0.274 e. The van der Waals surface area contributed by atoms with Gasteiger partial charge in [0, 0.05) is 10.9 Å². The molecule has 1 aliphatic carbocycles. The first-order valence-corrected chi connectivity index (χ1v) is 11.4. The van der Waals surface area contributed by atoms with Crippen molar-refractivity contribution in [2.75, 3.05) is 16.8 Å². The number of benzene rings is 1. The fraction of sp³-hybridized carbons (Fsp3) is 0.350. The van der Waals surface area contributed by atoms with E-state index in [2.05, 4.69) is 22.2 Å². The van der Waals surface area contributed by atoms with E-state index < -0.39 is 4.92 Å². The minimum atomic E-state index is -0.465. The average Bonchev–Trinajstić information content (AvgIpc) is 3.05. The normalized spacial score (nSPS) is 15.7. The fourth-order valence-electron chi connectivity index (χ4n) is 3.69. The molecule has 30 heavy (non-hydrogen) atoms. The SMILES string of the molecule is Cc1c(NC(=O)CSc2nc(N)c3c4c(sc3n2)CC(C)CC4)cccc1[N+](=O)[O-]. The molecule has 1 aromatic carbocycles. The number of carbonyl (C=O) groups excluding carboxylic acids is 1. The van der Waals surface area contributed by atoms with Gasteiger partial charge in [0.15, 0.2) is 5.16 Å². The third kappa shape index (κ3) is 3.97. The molecule has 1 atom stereocenters. The van der Waals surface area contributed by atoms with Crippen molar-refractivity contribution in [3.63, 3.8) is 0 Å². The minimum absolute atomic E-state index is 0.0296. The summed E-state index contributed by atoms with van der Waals surface area (Å²) in [7, 11) is 0. The number of nitrogen functional groups attached to an aromatic ring is 1. The van der Waals surface area contributed by atoms with E-state index in [-0.39, 0.29) is 17.3 Å². The van der Waals surface area contributed by atoms with Crippen LogP contribution in [-0.4, -0.2) is 26.6 Å². The number of aryl methyl sites for hydroxylation is 1. The van der Waals surface area contributed by atoms with E-state index in [9.17, 15) is 14.9 Å². The highest BCUT2D eigenvalue weighted by Crippen LogP contribution is 2.40. The lowest BCUT2D eigenvalue weighted by atomic mass is 9.89. The van der Waals surface area contributed by atoms with Gasteiger partial charge in [-0.15, -0.1) is 11.3 Å². The Kier molecular flexibility index (Phi) is 5.61. The second-order valence-electron chi connectivity index (χ2n) is 7.47. The molecule has 0 radical (unpaired) electrons. The van der Waals surface area contributed by atoms with Gasteiger partial charge in [-0.2, -0.15) is 0 Å². The first kappa shape index (κ1) is 20.5. The maximum atomic E-state index is 12.4. The van der Waals surface area contributed by atoms with Crippen LogP contribution in [0.2, 0.25) is 0 Å². The highest BCUT2D eigenvalue weighted by molar-refractivity contribution is 7.99. The van der Waals surface area contributed by atoms with Crippen LogP contribution in [0, 0.1) is 23.0 Å². The van der Waals surface area contributed by atoms with Crippen LogP contribution in [-0.2, 0) is 17.6 Å². The van der Waals surface area contributed by atoms with Crippen LogP contribution in [0.1, 0.15) is 29.3 Å². The molecule has 156 valence electrons. The molecular formula is C20H21N5O3S2. The summed E-state index contributed by atoms with van der Waals surface area (Å²) in [5.74, 6) is 0.916. The van der Waals surface area contributed by atoms with Crippen LogP contribution in [0.3, 0.4) is 0 Å². The van der Waals surface area contributed by atoms with E-state index in [1.165, 1.54) is 28.3 Å². The Labute approximate surface area is 181 Å². The summed E-state index contributed by atoms with van der Waals surface area (Å²) in [5, 5.41) is 15.2. The lowest BCUT2D eigenvalue weighted by Gasteiger charge is -2.17. The minimum Gasteiger partial charge on any atom is -0.383 e. The van der Waals surface area contributed by atoms with Crippen molar-refractivity contribution in [2.45, 2.75) is 38.3 Å². The van der Waals surface area contributed by atoms with Crippen molar-refractivity contribution < 1.29 is 9.72 Å². The van der Waals surface area contributed by atoms with Crippen LogP contribution in [0.25, 0.3) is 10.2 Å². The third-order valence-corrected chi connectivity index (χ3v) is 7.27. The maximum Gasteiger partial charge on any atom is 0.274 e. The summed E-state index contributed by atoms with van der Waals surface area (Å²) in [6, 6.07) is 4.60. The van der Waals surface area contributed by atoms with Gasteiger partial charge in [0.1, 0.15) is 10.6 Å². The van der Waals surface area contributed by atoms with E-state index >= 15 is 0 Å². The predicted molar refractivity (Wildman–Crippen MR) is 120 cm³/mol. The van der Waals surface area contributed by atoms with Crippen LogP contribution in [0.15, 0.2) is 23.4 Å². The largest absolute Gasteiger partial charge is 0.383 e. The fourth-order valence-corrected chi connectivity index (χ4v) is 5.79. The first-order chi connectivity index (χ1) is 14.3. The van der Waals surface area contributed by atoms with Crippen LogP contribution < -0.4 is 11.1 Å². The van der Waals surface area contributed by atoms with Crippen molar-refractivity contribution in [3.8, 4) is 0 Å². The molecule has 0 spiro atoms. The van der Waals surface area contributed by atoms with Gasteiger partial charge in [0.05, 0.1) is 27.3 Å². The van der Waals surface area contributed by atoms with Crippen molar-refractivity contribution >= 4 is 56.4 Å². The molecule has 1 amide bonds. The van der Waals surface area contributed by atoms with Crippen LogP contribution in [0.5, 0.6) is 0 Å². The topological polar surface area (TPSA) is 124 Å². The zero-order valence-electron chi connectivity index (χ0n) is 16.6. The van der Waals surface area contributed by atoms with E-state index in [0.29, 0.717) is 28.1 Å². The second-order valence-corrected chi connectivity index (χ2v) is 9.49. The first-order valence-electron chi connectivity index (χ1n) is 9.58. The monoisotopic (exact) mass is 443 g/mol. The molecule has 0 saturated carbocycles. The number of nitro groups is 1. The second kappa shape index (κ2) is 8.19. The number of carbonyl (C=O) groups is 1. The molecule has 10 heteroatoms. The average molecular weight is 444 g/mol. The number of nitrogens with one attached hydrogen (secondary N) is 1. The summed E-state index contributed by atoms with van der Waals surface area (Å²) in [5.41, 5.74) is 8.32.